The summed E-state index contributed by atoms with van der Waals surface area (Å²) in [4.78, 5) is 0. The number of unbranched alkanes of at least 4 members (excludes halogenated alkanes) is 9. The maximum atomic E-state index is 12.4. The van der Waals surface area contributed by atoms with Gasteiger partial charge >= 0.3 is 10.4 Å². The van der Waals surface area contributed by atoms with Crippen molar-refractivity contribution >= 4 is 10.4 Å². The van der Waals surface area contributed by atoms with Crippen LogP contribution in [0, 0.1) is 0 Å². The fraction of sp³-hybridized carbons (Fsp3) is 0.750. The van der Waals surface area contributed by atoms with Gasteiger partial charge < -0.3 is 29.3 Å². The Morgan fingerprint density at radius 1 is 0.853 bits per heavy atom. The molecule has 0 amide bonds. The minimum Gasteiger partial charge on any atom is -0.394 e. The zero-order valence-electron chi connectivity index (χ0n) is 19.9. The predicted molar refractivity (Wildman–Crippen MR) is 126 cm³/mol. The lowest BCUT2D eigenvalue weighted by Gasteiger charge is -2.38. The van der Waals surface area contributed by atoms with Crippen LogP contribution in [0.4, 0.5) is 0 Å². The Morgan fingerprint density at radius 3 is 2.06 bits per heavy atom. The minimum absolute atomic E-state index is 0.114. The second-order valence-corrected chi connectivity index (χ2v) is 10.0. The van der Waals surface area contributed by atoms with Crippen LogP contribution in [0.2, 0.25) is 0 Å². The molecule has 0 aromatic heterocycles. The lowest BCUT2D eigenvalue weighted by atomic mass is 10.00. The van der Waals surface area contributed by atoms with Crippen LogP contribution in [0.5, 0.6) is 5.75 Å². The Bertz CT molecular complexity index is 799. The van der Waals surface area contributed by atoms with Gasteiger partial charge in [-0.1, -0.05) is 82.9 Å². The Labute approximate surface area is 203 Å². The van der Waals surface area contributed by atoms with Gasteiger partial charge in [0, 0.05) is 0 Å². The summed E-state index contributed by atoms with van der Waals surface area (Å²) >= 11 is 0. The van der Waals surface area contributed by atoms with Gasteiger partial charge in [0.05, 0.1) is 6.61 Å². The van der Waals surface area contributed by atoms with Crippen LogP contribution >= 0.6 is 0 Å². The van der Waals surface area contributed by atoms with Crippen LogP contribution in [0.3, 0.4) is 0 Å². The molecule has 0 radical (unpaired) electrons. The molecule has 34 heavy (non-hydrogen) atoms. The van der Waals surface area contributed by atoms with Crippen molar-refractivity contribution in [2.45, 2.75) is 108 Å². The number of benzene rings is 1. The number of aliphatic hydroxyl groups excluding tert-OH is 4. The molecule has 9 nitrogen and oxygen atoms in total. The molecule has 5 atom stereocenters. The first-order valence-corrected chi connectivity index (χ1v) is 13.6. The van der Waals surface area contributed by atoms with Gasteiger partial charge in [-0.05, 0) is 24.5 Å². The second kappa shape index (κ2) is 15.0. The Hall–Kier alpha value is -1.27. The number of rotatable bonds is 16. The quantitative estimate of drug-likeness (QED) is 0.250. The molecule has 0 saturated carbocycles. The second-order valence-electron chi connectivity index (χ2n) is 8.82. The number of para-hydroxylation sites is 1. The van der Waals surface area contributed by atoms with E-state index in [9.17, 15) is 28.8 Å². The Kier molecular flexibility index (Phi) is 12.8. The molecule has 1 aromatic rings. The van der Waals surface area contributed by atoms with Gasteiger partial charge in [0.1, 0.15) is 30.2 Å². The molecule has 1 saturated heterocycles. The minimum atomic E-state index is -4.67. The summed E-state index contributed by atoms with van der Waals surface area (Å²) in [7, 11) is -4.67. The standard InChI is InChI=1S/C24H40O9S/c1-2-3-4-5-6-7-8-9-10-11-14-18-15-12-13-16-19(18)32-34(29,30)33-24-23(28)22(27)21(26)20(17-25)31-24/h12-13,15-16,20-28H,2-11,14,17H2,1H3/t20-,21-,22+,23-,24+/m1/s1. The van der Waals surface area contributed by atoms with Gasteiger partial charge in [0.25, 0.3) is 0 Å². The zero-order valence-corrected chi connectivity index (χ0v) is 20.7. The third-order valence-corrected chi connectivity index (χ3v) is 6.83. The zero-order chi connectivity index (χ0) is 25.0. The molecule has 10 heteroatoms. The third kappa shape index (κ3) is 9.41. The smallest absolute Gasteiger partial charge is 0.394 e. The molecular formula is C24H40O9S. The summed E-state index contributed by atoms with van der Waals surface area (Å²) in [5.41, 5.74) is 0.711. The first-order chi connectivity index (χ1) is 16.3. The maximum Gasteiger partial charge on any atom is 0.451 e. The van der Waals surface area contributed by atoms with Crippen molar-refractivity contribution in [2.75, 3.05) is 6.61 Å². The Balaban J connectivity index is 1.82. The monoisotopic (exact) mass is 504 g/mol. The topological polar surface area (TPSA) is 143 Å². The highest BCUT2D eigenvalue weighted by molar-refractivity contribution is 7.82. The van der Waals surface area contributed by atoms with E-state index in [1.807, 2.05) is 0 Å². The molecule has 1 aliphatic heterocycles. The number of aliphatic hydroxyl groups is 4. The fourth-order valence-corrected chi connectivity index (χ4v) is 4.80. The van der Waals surface area contributed by atoms with Gasteiger partial charge in [-0.15, -0.1) is 0 Å². The van der Waals surface area contributed by atoms with E-state index in [2.05, 4.69) is 6.92 Å². The molecule has 1 fully saturated rings. The molecule has 0 bridgehead atoms. The summed E-state index contributed by atoms with van der Waals surface area (Å²) < 4.78 is 39.9. The van der Waals surface area contributed by atoms with E-state index in [1.54, 1.807) is 18.2 Å². The van der Waals surface area contributed by atoms with E-state index in [0.717, 1.165) is 19.3 Å². The molecule has 0 spiro atoms. The van der Waals surface area contributed by atoms with Crippen LogP contribution < -0.4 is 4.18 Å². The lowest BCUT2D eigenvalue weighted by Crippen LogP contribution is -2.59. The molecule has 2 rings (SSSR count). The molecule has 1 aromatic carbocycles. The van der Waals surface area contributed by atoms with E-state index in [4.69, 9.17) is 13.1 Å². The molecule has 1 aliphatic rings. The lowest BCUT2D eigenvalue weighted by molar-refractivity contribution is -0.277. The average Bonchev–Trinajstić information content (AvgIpc) is 2.81. The van der Waals surface area contributed by atoms with Crippen molar-refractivity contribution in [3.63, 3.8) is 0 Å². The van der Waals surface area contributed by atoms with Crippen molar-refractivity contribution < 1.29 is 41.9 Å². The molecule has 1 heterocycles. The highest BCUT2D eigenvalue weighted by atomic mass is 32.3. The van der Waals surface area contributed by atoms with Crippen molar-refractivity contribution in [3.05, 3.63) is 29.8 Å². The van der Waals surface area contributed by atoms with Crippen LogP contribution in [0.1, 0.15) is 76.7 Å². The van der Waals surface area contributed by atoms with Crippen LogP contribution in [-0.4, -0.2) is 66.2 Å². The summed E-state index contributed by atoms with van der Waals surface area (Å²) in [6, 6.07) is 6.73. The van der Waals surface area contributed by atoms with Crippen LogP contribution in [0.25, 0.3) is 0 Å². The van der Waals surface area contributed by atoms with E-state index in [1.165, 1.54) is 51.0 Å². The van der Waals surface area contributed by atoms with Crippen molar-refractivity contribution in [3.8, 4) is 5.75 Å². The van der Waals surface area contributed by atoms with Crippen LogP contribution in [0.15, 0.2) is 24.3 Å². The van der Waals surface area contributed by atoms with Gasteiger partial charge in [0.15, 0.2) is 0 Å². The van der Waals surface area contributed by atoms with Gasteiger partial charge in [0.2, 0.25) is 6.29 Å². The normalized spacial score (nSPS) is 25.4. The highest BCUT2D eigenvalue weighted by Crippen LogP contribution is 2.26. The van der Waals surface area contributed by atoms with Crippen molar-refractivity contribution in [1.29, 1.82) is 0 Å². The average molecular weight is 505 g/mol. The third-order valence-electron chi connectivity index (χ3n) is 6.03. The van der Waals surface area contributed by atoms with E-state index < -0.39 is 47.7 Å². The van der Waals surface area contributed by atoms with Gasteiger partial charge in [-0.2, -0.15) is 8.42 Å². The van der Waals surface area contributed by atoms with E-state index in [-0.39, 0.29) is 5.75 Å². The molecule has 196 valence electrons. The summed E-state index contributed by atoms with van der Waals surface area (Å²) in [6.07, 6.45) is 4.27. The van der Waals surface area contributed by atoms with E-state index >= 15 is 0 Å². The molecule has 4 N–H and O–H groups in total. The largest absolute Gasteiger partial charge is 0.451 e. The van der Waals surface area contributed by atoms with Gasteiger partial charge in [-0.3, -0.25) is 0 Å². The number of hydrogen-bond acceptors (Lipinski definition) is 9. The SMILES string of the molecule is CCCCCCCCCCCCc1ccccc1OS(=O)(=O)O[C@@H]1O[C@H](CO)[C@@H](O)[C@H](O)[C@H]1O. The Morgan fingerprint density at radius 2 is 1.44 bits per heavy atom. The van der Waals surface area contributed by atoms with Crippen LogP contribution in [-0.2, 0) is 25.7 Å². The molecule has 0 aliphatic carbocycles. The predicted octanol–water partition coefficient (Wildman–Crippen LogP) is 2.59. The first-order valence-electron chi connectivity index (χ1n) is 12.3. The fourth-order valence-electron chi connectivity index (χ4n) is 3.99. The number of aryl methyl sites for hydroxylation is 1. The van der Waals surface area contributed by atoms with Crippen molar-refractivity contribution in [1.82, 2.24) is 0 Å². The number of hydrogen-bond donors (Lipinski definition) is 4. The molecular weight excluding hydrogens is 464 g/mol. The molecule has 0 unspecified atom stereocenters. The summed E-state index contributed by atoms with van der Waals surface area (Å²) in [5.74, 6) is 0.114. The summed E-state index contributed by atoms with van der Waals surface area (Å²) in [6.45, 7) is 1.51. The highest BCUT2D eigenvalue weighted by Gasteiger charge is 2.46. The first kappa shape index (κ1) is 29.0. The van der Waals surface area contributed by atoms with Crippen molar-refractivity contribution in [2.24, 2.45) is 0 Å². The van der Waals surface area contributed by atoms with E-state index in [0.29, 0.717) is 12.0 Å². The number of ether oxygens (including phenoxy) is 1. The van der Waals surface area contributed by atoms with Gasteiger partial charge in [-0.25, -0.2) is 4.18 Å². The summed E-state index contributed by atoms with van der Waals surface area (Å²) in [5, 5.41) is 38.9. The maximum absolute atomic E-state index is 12.4.